The predicted octanol–water partition coefficient (Wildman–Crippen LogP) is 1.31. The van der Waals surface area contributed by atoms with Crippen molar-refractivity contribution in [1.29, 1.82) is 0 Å². The van der Waals surface area contributed by atoms with E-state index in [1.807, 2.05) is 55.1 Å². The molecule has 1 unspecified atom stereocenters. The number of carbonyl (C=O) groups is 2. The van der Waals surface area contributed by atoms with Crippen molar-refractivity contribution in [2.45, 2.75) is 19.4 Å². The first-order valence-corrected chi connectivity index (χ1v) is 8.72. The molecule has 6 nitrogen and oxygen atoms in total. The minimum Gasteiger partial charge on any atom is -0.375 e. The van der Waals surface area contributed by atoms with Crippen LogP contribution < -0.4 is 0 Å². The number of aryl methyl sites for hydroxylation is 1. The molecular weight excluding hydrogens is 318 g/mol. The van der Waals surface area contributed by atoms with Gasteiger partial charge in [0.05, 0.1) is 0 Å². The second-order valence-electron chi connectivity index (χ2n) is 6.77. The lowest BCUT2D eigenvalue weighted by atomic mass is 10.0. The Kier molecular flexibility index (Phi) is 6.96. The third-order valence-corrected chi connectivity index (χ3v) is 4.57. The molecule has 1 atom stereocenters. The van der Waals surface area contributed by atoms with E-state index in [-0.39, 0.29) is 24.5 Å². The van der Waals surface area contributed by atoms with Crippen molar-refractivity contribution in [1.82, 2.24) is 14.7 Å². The maximum Gasteiger partial charge on any atom is 0.248 e. The summed E-state index contributed by atoms with van der Waals surface area (Å²) >= 11 is 0. The number of amides is 2. The van der Waals surface area contributed by atoms with Crippen LogP contribution >= 0.6 is 0 Å². The van der Waals surface area contributed by atoms with E-state index in [9.17, 15) is 9.59 Å². The van der Waals surface area contributed by atoms with E-state index >= 15 is 0 Å². The Morgan fingerprint density at radius 2 is 1.68 bits per heavy atom. The molecule has 0 N–H and O–H groups in total. The molecule has 0 spiro atoms. The zero-order valence-electron chi connectivity index (χ0n) is 15.7. The van der Waals surface area contributed by atoms with Crippen molar-refractivity contribution in [3.8, 4) is 0 Å². The summed E-state index contributed by atoms with van der Waals surface area (Å²) in [5.41, 5.74) is 2.17. The normalized spacial score (nSPS) is 16.7. The Labute approximate surface area is 150 Å². The SMILES string of the molecule is COCC(=O)N1CCCN(C(=O)C(c2ccc(C)cc2)N(C)C)CC1. The van der Waals surface area contributed by atoms with E-state index in [4.69, 9.17) is 4.74 Å². The Bertz CT molecular complexity index is 586. The van der Waals surface area contributed by atoms with Crippen molar-refractivity contribution < 1.29 is 14.3 Å². The number of benzene rings is 1. The molecule has 1 aromatic carbocycles. The van der Waals surface area contributed by atoms with E-state index in [0.717, 1.165) is 12.0 Å². The molecule has 1 aromatic rings. The Morgan fingerprint density at radius 3 is 2.28 bits per heavy atom. The summed E-state index contributed by atoms with van der Waals surface area (Å²) in [7, 11) is 5.37. The predicted molar refractivity (Wildman–Crippen MR) is 97.3 cm³/mol. The van der Waals surface area contributed by atoms with Gasteiger partial charge in [0.2, 0.25) is 11.8 Å². The van der Waals surface area contributed by atoms with Crippen LogP contribution in [0.1, 0.15) is 23.6 Å². The molecule has 0 aromatic heterocycles. The van der Waals surface area contributed by atoms with Crippen molar-refractivity contribution in [2.24, 2.45) is 0 Å². The van der Waals surface area contributed by atoms with Crippen molar-refractivity contribution in [2.75, 3.05) is 54.0 Å². The fourth-order valence-corrected chi connectivity index (χ4v) is 3.19. The molecule has 1 saturated heterocycles. The molecule has 0 radical (unpaired) electrons. The minimum absolute atomic E-state index is 0.0144. The summed E-state index contributed by atoms with van der Waals surface area (Å²) in [5.74, 6) is 0.0781. The van der Waals surface area contributed by atoms with Gasteiger partial charge in [-0.1, -0.05) is 29.8 Å². The third kappa shape index (κ3) is 5.03. The summed E-state index contributed by atoms with van der Waals surface area (Å²) in [6.07, 6.45) is 0.787. The van der Waals surface area contributed by atoms with Crippen LogP contribution in [0.25, 0.3) is 0 Å². The molecule has 0 aliphatic carbocycles. The molecule has 138 valence electrons. The van der Waals surface area contributed by atoms with E-state index in [2.05, 4.69) is 0 Å². The fourth-order valence-electron chi connectivity index (χ4n) is 3.19. The average molecular weight is 347 g/mol. The van der Waals surface area contributed by atoms with Crippen molar-refractivity contribution in [3.05, 3.63) is 35.4 Å². The Hall–Kier alpha value is -1.92. The summed E-state index contributed by atoms with van der Waals surface area (Å²) in [6, 6.07) is 7.80. The molecule has 2 rings (SSSR count). The van der Waals surface area contributed by atoms with Gasteiger partial charge in [-0.05, 0) is 33.0 Å². The molecule has 1 heterocycles. The topological polar surface area (TPSA) is 53.1 Å². The maximum atomic E-state index is 13.1. The second-order valence-corrected chi connectivity index (χ2v) is 6.77. The largest absolute Gasteiger partial charge is 0.375 e. The van der Waals surface area contributed by atoms with Crippen LogP contribution in [0.2, 0.25) is 0 Å². The lowest BCUT2D eigenvalue weighted by Gasteiger charge is -2.30. The van der Waals surface area contributed by atoms with Crippen LogP contribution in [0.15, 0.2) is 24.3 Å². The van der Waals surface area contributed by atoms with Gasteiger partial charge in [0.1, 0.15) is 12.6 Å². The summed E-state index contributed by atoms with van der Waals surface area (Å²) in [6.45, 7) is 4.59. The van der Waals surface area contributed by atoms with E-state index in [1.165, 1.54) is 12.7 Å². The average Bonchev–Trinajstić information content (AvgIpc) is 2.83. The number of likely N-dealkylation sites (N-methyl/N-ethyl adjacent to an activating group) is 1. The standard InChI is InChI=1S/C19H29N3O3/c1-15-6-8-16(9-7-15)18(20(2)3)19(24)22-11-5-10-21(12-13-22)17(23)14-25-4/h6-9,18H,5,10-14H2,1-4H3. The monoisotopic (exact) mass is 347 g/mol. The highest BCUT2D eigenvalue weighted by molar-refractivity contribution is 5.83. The first-order valence-electron chi connectivity index (χ1n) is 8.72. The van der Waals surface area contributed by atoms with Crippen LogP contribution in [-0.2, 0) is 14.3 Å². The molecule has 25 heavy (non-hydrogen) atoms. The van der Waals surface area contributed by atoms with Gasteiger partial charge in [0.15, 0.2) is 0 Å². The lowest BCUT2D eigenvalue weighted by molar-refractivity contribution is -0.138. The highest BCUT2D eigenvalue weighted by atomic mass is 16.5. The van der Waals surface area contributed by atoms with Gasteiger partial charge in [-0.15, -0.1) is 0 Å². The molecule has 2 amide bonds. The van der Waals surface area contributed by atoms with Gasteiger partial charge in [-0.2, -0.15) is 0 Å². The Balaban J connectivity index is 2.09. The molecule has 0 bridgehead atoms. The van der Waals surface area contributed by atoms with Crippen LogP contribution in [0.4, 0.5) is 0 Å². The zero-order valence-corrected chi connectivity index (χ0v) is 15.7. The number of rotatable bonds is 5. The van der Waals surface area contributed by atoms with Crippen molar-refractivity contribution >= 4 is 11.8 Å². The van der Waals surface area contributed by atoms with Gasteiger partial charge in [-0.25, -0.2) is 0 Å². The number of ether oxygens (including phenoxy) is 1. The summed E-state index contributed by atoms with van der Waals surface area (Å²) < 4.78 is 4.93. The number of hydrogen-bond donors (Lipinski definition) is 0. The van der Waals surface area contributed by atoms with Gasteiger partial charge < -0.3 is 14.5 Å². The van der Waals surface area contributed by atoms with Crippen LogP contribution in [0.5, 0.6) is 0 Å². The molecule has 1 aliphatic heterocycles. The smallest absolute Gasteiger partial charge is 0.248 e. The van der Waals surface area contributed by atoms with Crippen molar-refractivity contribution in [3.63, 3.8) is 0 Å². The quantitative estimate of drug-likeness (QED) is 0.806. The Morgan fingerprint density at radius 1 is 1.08 bits per heavy atom. The fraction of sp³-hybridized carbons (Fsp3) is 0.579. The molecular formula is C19H29N3O3. The number of carbonyl (C=O) groups excluding carboxylic acids is 2. The number of hydrogen-bond acceptors (Lipinski definition) is 4. The van der Waals surface area contributed by atoms with Gasteiger partial charge in [-0.3, -0.25) is 14.5 Å². The lowest BCUT2D eigenvalue weighted by Crippen LogP contribution is -2.43. The van der Waals surface area contributed by atoms with E-state index < -0.39 is 0 Å². The number of methoxy groups -OCH3 is 1. The van der Waals surface area contributed by atoms with Crippen LogP contribution in [-0.4, -0.2) is 80.5 Å². The first kappa shape index (κ1) is 19.4. The van der Waals surface area contributed by atoms with Gasteiger partial charge in [0, 0.05) is 33.3 Å². The van der Waals surface area contributed by atoms with Crippen LogP contribution in [0, 0.1) is 6.92 Å². The molecule has 0 saturated carbocycles. The zero-order chi connectivity index (χ0) is 18.4. The highest BCUT2D eigenvalue weighted by Gasteiger charge is 2.29. The first-order chi connectivity index (χ1) is 11.9. The van der Waals surface area contributed by atoms with E-state index in [1.54, 1.807) is 4.90 Å². The minimum atomic E-state index is -0.304. The van der Waals surface area contributed by atoms with Gasteiger partial charge in [0.25, 0.3) is 0 Å². The van der Waals surface area contributed by atoms with Gasteiger partial charge >= 0.3 is 0 Å². The second kappa shape index (κ2) is 8.97. The summed E-state index contributed by atoms with van der Waals surface area (Å²) in [4.78, 5) is 30.8. The summed E-state index contributed by atoms with van der Waals surface area (Å²) in [5, 5.41) is 0. The molecule has 1 aliphatic rings. The maximum absolute atomic E-state index is 13.1. The number of nitrogens with zero attached hydrogens (tertiary/aromatic N) is 3. The third-order valence-electron chi connectivity index (χ3n) is 4.57. The van der Waals surface area contributed by atoms with Crippen LogP contribution in [0.3, 0.4) is 0 Å². The molecule has 6 heteroatoms. The van der Waals surface area contributed by atoms with E-state index in [0.29, 0.717) is 26.2 Å². The highest BCUT2D eigenvalue weighted by Crippen LogP contribution is 2.22. The molecule has 1 fully saturated rings.